The molecule has 2 aliphatic heterocycles. The minimum absolute atomic E-state index is 0.611. The van der Waals surface area contributed by atoms with Gasteiger partial charge in [-0.2, -0.15) is 4.52 Å². The van der Waals surface area contributed by atoms with Crippen LogP contribution in [0.25, 0.3) is 5.65 Å². The Morgan fingerprint density at radius 1 is 1.32 bits per heavy atom. The molecule has 4 heterocycles. The zero-order chi connectivity index (χ0) is 15.1. The van der Waals surface area contributed by atoms with E-state index in [9.17, 15) is 0 Å². The lowest BCUT2D eigenvalue weighted by Crippen LogP contribution is -2.59. The Morgan fingerprint density at radius 2 is 2.18 bits per heavy atom. The molecule has 1 atom stereocenters. The predicted octanol–water partition coefficient (Wildman–Crippen LogP) is 0.590. The average Bonchev–Trinajstić information content (AvgIpc) is 3.08. The van der Waals surface area contributed by atoms with Crippen molar-refractivity contribution in [3.8, 4) is 0 Å². The highest BCUT2D eigenvalue weighted by molar-refractivity contribution is 5.47. The summed E-state index contributed by atoms with van der Waals surface area (Å²) in [6.45, 7) is 6.97. The molecule has 0 aromatic carbocycles. The van der Waals surface area contributed by atoms with E-state index in [1.807, 2.05) is 23.6 Å². The Morgan fingerprint density at radius 3 is 2.95 bits per heavy atom. The second kappa shape index (κ2) is 5.48. The third-order valence-corrected chi connectivity index (χ3v) is 4.78. The number of aryl methyl sites for hydroxylation is 1. The number of ether oxygens (including phenoxy) is 1. The molecule has 0 bridgehead atoms. The minimum atomic E-state index is 0.611. The van der Waals surface area contributed by atoms with Gasteiger partial charge < -0.3 is 9.64 Å². The van der Waals surface area contributed by atoms with Crippen LogP contribution in [-0.4, -0.2) is 70.6 Å². The van der Waals surface area contributed by atoms with Crippen LogP contribution >= 0.6 is 0 Å². The van der Waals surface area contributed by atoms with E-state index in [4.69, 9.17) is 4.74 Å². The summed E-state index contributed by atoms with van der Waals surface area (Å²) < 4.78 is 7.27. The molecule has 2 aromatic rings. The van der Waals surface area contributed by atoms with Crippen LogP contribution in [0.4, 0.5) is 5.82 Å². The van der Waals surface area contributed by atoms with Gasteiger partial charge in [-0.05, 0) is 38.4 Å². The number of nitrogens with zero attached hydrogens (tertiary/aromatic N) is 6. The van der Waals surface area contributed by atoms with E-state index in [1.54, 1.807) is 0 Å². The van der Waals surface area contributed by atoms with Crippen molar-refractivity contribution in [1.29, 1.82) is 0 Å². The summed E-state index contributed by atoms with van der Waals surface area (Å²) in [5.74, 6) is 2.53. The number of hydrogen-bond acceptors (Lipinski definition) is 6. The summed E-state index contributed by atoms with van der Waals surface area (Å²) in [7, 11) is 2.22. The third-order valence-electron chi connectivity index (χ3n) is 4.78. The lowest BCUT2D eigenvalue weighted by atomic mass is 10.0. The van der Waals surface area contributed by atoms with E-state index in [0.29, 0.717) is 12.0 Å². The third kappa shape index (κ3) is 2.44. The van der Waals surface area contributed by atoms with E-state index >= 15 is 0 Å². The standard InChI is InChI=1S/C15H22N6O/c1-11-16-17-14-3-4-15(18-21(11)14)20-8-13(9-20)19(2)7-12-5-6-22-10-12/h3-4,12-13H,5-10H2,1-2H3. The molecule has 0 aliphatic carbocycles. The summed E-state index contributed by atoms with van der Waals surface area (Å²) in [5, 5.41) is 12.8. The highest BCUT2D eigenvalue weighted by Gasteiger charge is 2.32. The maximum atomic E-state index is 5.46. The minimum Gasteiger partial charge on any atom is -0.381 e. The zero-order valence-corrected chi connectivity index (χ0v) is 13.1. The van der Waals surface area contributed by atoms with Gasteiger partial charge in [0.2, 0.25) is 0 Å². The van der Waals surface area contributed by atoms with Crippen molar-refractivity contribution < 1.29 is 4.74 Å². The van der Waals surface area contributed by atoms with Crippen molar-refractivity contribution in [3.63, 3.8) is 0 Å². The van der Waals surface area contributed by atoms with Crippen LogP contribution in [0.3, 0.4) is 0 Å². The number of fused-ring (bicyclic) bond motifs is 1. The van der Waals surface area contributed by atoms with E-state index < -0.39 is 0 Å². The molecule has 2 fully saturated rings. The first-order valence-electron chi connectivity index (χ1n) is 7.93. The Kier molecular flexibility index (Phi) is 3.46. The molecule has 118 valence electrons. The Bertz CT molecular complexity index is 659. The summed E-state index contributed by atoms with van der Waals surface area (Å²) in [5.41, 5.74) is 0.802. The molecule has 2 aromatic heterocycles. The van der Waals surface area contributed by atoms with E-state index in [0.717, 1.165) is 50.1 Å². The summed E-state index contributed by atoms with van der Waals surface area (Å²) >= 11 is 0. The van der Waals surface area contributed by atoms with Crippen molar-refractivity contribution in [2.45, 2.75) is 19.4 Å². The van der Waals surface area contributed by atoms with E-state index in [1.165, 1.54) is 6.42 Å². The average molecular weight is 302 g/mol. The highest BCUT2D eigenvalue weighted by atomic mass is 16.5. The number of aromatic nitrogens is 4. The molecule has 2 aliphatic rings. The van der Waals surface area contributed by atoms with E-state index in [-0.39, 0.29) is 0 Å². The summed E-state index contributed by atoms with van der Waals surface area (Å²) in [6, 6.07) is 4.62. The van der Waals surface area contributed by atoms with Crippen LogP contribution in [0.15, 0.2) is 12.1 Å². The number of rotatable bonds is 4. The number of hydrogen-bond donors (Lipinski definition) is 0. The van der Waals surface area contributed by atoms with Gasteiger partial charge >= 0.3 is 0 Å². The summed E-state index contributed by atoms with van der Waals surface area (Å²) in [6.07, 6.45) is 1.20. The molecule has 2 saturated heterocycles. The molecular formula is C15H22N6O. The smallest absolute Gasteiger partial charge is 0.178 e. The first kappa shape index (κ1) is 13.9. The Balaban J connectivity index is 1.38. The van der Waals surface area contributed by atoms with Crippen LogP contribution in [-0.2, 0) is 4.74 Å². The van der Waals surface area contributed by atoms with Gasteiger partial charge in [0.05, 0.1) is 6.61 Å². The lowest BCUT2D eigenvalue weighted by Gasteiger charge is -2.45. The molecule has 0 radical (unpaired) electrons. The van der Waals surface area contributed by atoms with Crippen molar-refractivity contribution in [2.75, 3.05) is 44.8 Å². The van der Waals surface area contributed by atoms with Gasteiger partial charge in [0, 0.05) is 32.3 Å². The topological polar surface area (TPSA) is 58.8 Å². The maximum absolute atomic E-state index is 5.46. The van der Waals surface area contributed by atoms with Gasteiger partial charge in [-0.15, -0.1) is 15.3 Å². The van der Waals surface area contributed by atoms with Crippen molar-refractivity contribution in [3.05, 3.63) is 18.0 Å². The van der Waals surface area contributed by atoms with Gasteiger partial charge in [0.25, 0.3) is 0 Å². The van der Waals surface area contributed by atoms with Gasteiger partial charge in [-0.3, -0.25) is 4.90 Å². The van der Waals surface area contributed by atoms with Gasteiger partial charge in [-0.25, -0.2) is 0 Å². The fraction of sp³-hybridized carbons (Fsp3) is 0.667. The zero-order valence-electron chi connectivity index (χ0n) is 13.1. The molecule has 0 spiro atoms. The second-order valence-corrected chi connectivity index (χ2v) is 6.44. The quantitative estimate of drug-likeness (QED) is 0.824. The molecule has 0 saturated carbocycles. The number of likely N-dealkylation sites (N-methyl/N-ethyl adjacent to an activating group) is 1. The Hall–Kier alpha value is -1.73. The highest BCUT2D eigenvalue weighted by Crippen LogP contribution is 2.23. The van der Waals surface area contributed by atoms with Crippen LogP contribution in [0, 0.1) is 12.8 Å². The fourth-order valence-corrected chi connectivity index (χ4v) is 3.26. The van der Waals surface area contributed by atoms with Crippen LogP contribution in [0.1, 0.15) is 12.2 Å². The largest absolute Gasteiger partial charge is 0.381 e. The summed E-state index contributed by atoms with van der Waals surface area (Å²) in [4.78, 5) is 4.78. The Labute approximate surface area is 129 Å². The number of anilines is 1. The van der Waals surface area contributed by atoms with Crippen molar-refractivity contribution in [1.82, 2.24) is 24.7 Å². The monoisotopic (exact) mass is 302 g/mol. The first-order chi connectivity index (χ1) is 10.7. The first-order valence-corrected chi connectivity index (χ1v) is 7.93. The molecule has 0 N–H and O–H groups in total. The van der Waals surface area contributed by atoms with Gasteiger partial charge in [0.15, 0.2) is 11.5 Å². The van der Waals surface area contributed by atoms with E-state index in [2.05, 4.69) is 32.1 Å². The molecule has 7 heteroatoms. The van der Waals surface area contributed by atoms with Gasteiger partial charge in [-0.1, -0.05) is 0 Å². The van der Waals surface area contributed by atoms with Crippen molar-refractivity contribution >= 4 is 11.5 Å². The lowest BCUT2D eigenvalue weighted by molar-refractivity contribution is 0.149. The molecule has 1 unspecified atom stereocenters. The van der Waals surface area contributed by atoms with Gasteiger partial charge in [0.1, 0.15) is 5.82 Å². The fourth-order valence-electron chi connectivity index (χ4n) is 3.26. The maximum Gasteiger partial charge on any atom is 0.178 e. The SMILES string of the molecule is Cc1nnc2ccc(N3CC(N(C)CC4CCOC4)C3)nn12. The molecule has 0 amide bonds. The molecular weight excluding hydrogens is 280 g/mol. The molecule has 7 nitrogen and oxygen atoms in total. The van der Waals surface area contributed by atoms with Crippen LogP contribution in [0.2, 0.25) is 0 Å². The van der Waals surface area contributed by atoms with Crippen LogP contribution < -0.4 is 4.90 Å². The van der Waals surface area contributed by atoms with Crippen molar-refractivity contribution in [2.24, 2.45) is 5.92 Å². The predicted molar refractivity (Wildman–Crippen MR) is 83.1 cm³/mol. The molecule has 22 heavy (non-hydrogen) atoms. The normalized spacial score (nSPS) is 22.7. The molecule has 4 rings (SSSR count). The second-order valence-electron chi connectivity index (χ2n) is 6.44. The van der Waals surface area contributed by atoms with Crippen LogP contribution in [0.5, 0.6) is 0 Å².